The average molecular weight is 461 g/mol. The van der Waals surface area contributed by atoms with Crippen molar-refractivity contribution >= 4 is 35.0 Å². The summed E-state index contributed by atoms with van der Waals surface area (Å²) < 4.78 is 10.6. The van der Waals surface area contributed by atoms with Crippen molar-refractivity contribution in [3.63, 3.8) is 0 Å². The summed E-state index contributed by atoms with van der Waals surface area (Å²) in [4.78, 5) is 28.1. The van der Waals surface area contributed by atoms with Gasteiger partial charge in [-0.2, -0.15) is 0 Å². The molecule has 172 valence electrons. The smallest absolute Gasteiger partial charge is 0.322 e. The van der Waals surface area contributed by atoms with E-state index in [4.69, 9.17) is 21.1 Å². The van der Waals surface area contributed by atoms with Gasteiger partial charge in [0.1, 0.15) is 29.5 Å². The van der Waals surface area contributed by atoms with Crippen LogP contribution in [0.2, 0.25) is 5.02 Å². The summed E-state index contributed by atoms with van der Waals surface area (Å²) in [6.07, 6.45) is 5.33. The van der Waals surface area contributed by atoms with E-state index in [1.54, 1.807) is 23.4 Å². The molecule has 0 radical (unpaired) electrons. The summed E-state index contributed by atoms with van der Waals surface area (Å²) in [7, 11) is 3.07. The molecule has 32 heavy (non-hydrogen) atoms. The lowest BCUT2D eigenvalue weighted by molar-refractivity contribution is 0.208. The number of piperazine rings is 1. The lowest BCUT2D eigenvalue weighted by atomic mass is 10.1. The number of nitrogens with zero attached hydrogens (tertiary/aromatic N) is 5. The van der Waals surface area contributed by atoms with Gasteiger partial charge in [0, 0.05) is 51.4 Å². The van der Waals surface area contributed by atoms with Gasteiger partial charge in [0.15, 0.2) is 0 Å². The van der Waals surface area contributed by atoms with Crippen molar-refractivity contribution in [2.24, 2.45) is 0 Å². The van der Waals surface area contributed by atoms with Crippen LogP contribution in [0.15, 0.2) is 24.5 Å². The fourth-order valence-electron chi connectivity index (χ4n) is 4.10. The minimum atomic E-state index is -0.194. The van der Waals surface area contributed by atoms with E-state index in [0.29, 0.717) is 48.4 Å². The molecule has 2 aromatic rings. The number of nitrogens with one attached hydrogen (secondary N) is 1. The maximum atomic E-state index is 12.8. The molecule has 0 bridgehead atoms. The second-order valence-electron chi connectivity index (χ2n) is 7.87. The van der Waals surface area contributed by atoms with Crippen molar-refractivity contribution in [1.29, 1.82) is 0 Å². The fourth-order valence-corrected chi connectivity index (χ4v) is 4.34. The number of amides is 2. The number of carbonyl (C=O) groups is 1. The third-order valence-electron chi connectivity index (χ3n) is 5.92. The van der Waals surface area contributed by atoms with Gasteiger partial charge in [-0.15, -0.1) is 0 Å². The van der Waals surface area contributed by atoms with Gasteiger partial charge >= 0.3 is 6.03 Å². The molecule has 0 aliphatic carbocycles. The number of piperidine rings is 1. The maximum Gasteiger partial charge on any atom is 0.322 e. The molecule has 4 rings (SSSR count). The van der Waals surface area contributed by atoms with Crippen LogP contribution in [-0.4, -0.2) is 74.4 Å². The Hall–Kier alpha value is -2.94. The molecule has 2 aliphatic rings. The molecule has 10 heteroatoms. The minimum Gasteiger partial charge on any atom is -0.495 e. The summed E-state index contributed by atoms with van der Waals surface area (Å²) in [5.41, 5.74) is 0.507. The minimum absolute atomic E-state index is 0.194. The fraction of sp³-hybridized carbons (Fsp3) is 0.500. The van der Waals surface area contributed by atoms with Gasteiger partial charge in [-0.25, -0.2) is 14.8 Å². The standard InChI is InChI=1S/C22H29ClN6O3/c1-31-18-13-19(32-2)17(12-16(18)23)26-22(30)29-10-8-28(9-11-29)21-14-20(24-15-25-21)27-6-4-3-5-7-27/h12-15H,3-11H2,1-2H3,(H,26,30). The van der Waals surface area contributed by atoms with Crippen LogP contribution in [0.4, 0.5) is 22.1 Å². The van der Waals surface area contributed by atoms with E-state index in [1.165, 1.54) is 33.5 Å². The molecule has 3 heterocycles. The topological polar surface area (TPSA) is 83.1 Å². The molecule has 2 amide bonds. The Kier molecular flexibility index (Phi) is 7.04. The van der Waals surface area contributed by atoms with Crippen molar-refractivity contribution in [3.8, 4) is 11.5 Å². The van der Waals surface area contributed by atoms with Crippen LogP contribution < -0.4 is 24.6 Å². The zero-order chi connectivity index (χ0) is 22.5. The van der Waals surface area contributed by atoms with Crippen LogP contribution in [0.25, 0.3) is 0 Å². The lowest BCUT2D eigenvalue weighted by Crippen LogP contribution is -2.50. The number of aromatic nitrogens is 2. The SMILES string of the molecule is COc1cc(OC)c(NC(=O)N2CCN(c3cc(N4CCCCC4)ncn3)CC2)cc1Cl. The van der Waals surface area contributed by atoms with Crippen molar-refractivity contribution in [1.82, 2.24) is 14.9 Å². The zero-order valence-corrected chi connectivity index (χ0v) is 19.3. The molecule has 2 saturated heterocycles. The number of urea groups is 1. The highest BCUT2D eigenvalue weighted by Crippen LogP contribution is 2.36. The van der Waals surface area contributed by atoms with Crippen LogP contribution in [-0.2, 0) is 0 Å². The van der Waals surface area contributed by atoms with Crippen LogP contribution in [0.5, 0.6) is 11.5 Å². The first-order chi connectivity index (χ1) is 15.6. The van der Waals surface area contributed by atoms with Crippen molar-refractivity contribution in [2.45, 2.75) is 19.3 Å². The van der Waals surface area contributed by atoms with Gasteiger partial charge < -0.3 is 29.5 Å². The van der Waals surface area contributed by atoms with Crippen molar-refractivity contribution in [2.75, 3.05) is 68.6 Å². The second-order valence-corrected chi connectivity index (χ2v) is 8.28. The van der Waals surface area contributed by atoms with E-state index in [0.717, 1.165) is 24.7 Å². The summed E-state index contributed by atoms with van der Waals surface area (Å²) in [6, 6.07) is 5.16. The number of halogens is 1. The molecule has 0 saturated carbocycles. The number of anilines is 3. The monoisotopic (exact) mass is 460 g/mol. The van der Waals surface area contributed by atoms with Crippen LogP contribution in [0.3, 0.4) is 0 Å². The maximum absolute atomic E-state index is 12.8. The van der Waals surface area contributed by atoms with E-state index >= 15 is 0 Å². The molecule has 0 spiro atoms. The Morgan fingerprint density at radius 3 is 2.12 bits per heavy atom. The number of benzene rings is 1. The van der Waals surface area contributed by atoms with Gasteiger partial charge in [0.05, 0.1) is 24.9 Å². The number of rotatable bonds is 5. The first kappa shape index (κ1) is 22.3. The summed E-state index contributed by atoms with van der Waals surface area (Å²) in [6.45, 7) is 4.66. The number of methoxy groups -OCH3 is 2. The number of hydrogen-bond donors (Lipinski definition) is 1. The van der Waals surface area contributed by atoms with Crippen LogP contribution >= 0.6 is 11.6 Å². The van der Waals surface area contributed by atoms with Gasteiger partial charge in [0.25, 0.3) is 0 Å². The Labute approximate surface area is 193 Å². The normalized spacial score (nSPS) is 16.7. The second kappa shape index (κ2) is 10.1. The van der Waals surface area contributed by atoms with Gasteiger partial charge in [-0.05, 0) is 25.3 Å². The highest BCUT2D eigenvalue weighted by molar-refractivity contribution is 6.32. The van der Waals surface area contributed by atoms with E-state index in [2.05, 4.69) is 31.2 Å². The Morgan fingerprint density at radius 1 is 0.875 bits per heavy atom. The molecule has 1 N–H and O–H groups in total. The number of carbonyl (C=O) groups excluding carboxylic acids is 1. The molecule has 2 fully saturated rings. The molecule has 2 aliphatic heterocycles. The molecule has 9 nitrogen and oxygen atoms in total. The van der Waals surface area contributed by atoms with Crippen molar-refractivity contribution < 1.29 is 14.3 Å². The molecule has 1 aromatic heterocycles. The summed E-state index contributed by atoms with van der Waals surface area (Å²) in [5, 5.41) is 3.31. The molecule has 0 atom stereocenters. The largest absolute Gasteiger partial charge is 0.495 e. The Morgan fingerprint density at radius 2 is 1.50 bits per heavy atom. The Balaban J connectivity index is 1.37. The van der Waals surface area contributed by atoms with Crippen molar-refractivity contribution in [3.05, 3.63) is 29.5 Å². The predicted octanol–water partition coefficient (Wildman–Crippen LogP) is 3.49. The zero-order valence-electron chi connectivity index (χ0n) is 18.5. The molecule has 1 aromatic carbocycles. The molecular formula is C22H29ClN6O3. The number of hydrogen-bond acceptors (Lipinski definition) is 7. The summed E-state index contributed by atoms with van der Waals surface area (Å²) in [5.74, 6) is 2.87. The quantitative estimate of drug-likeness (QED) is 0.731. The lowest BCUT2D eigenvalue weighted by Gasteiger charge is -2.36. The Bertz CT molecular complexity index is 945. The average Bonchev–Trinajstić information content (AvgIpc) is 2.85. The van der Waals surface area contributed by atoms with E-state index in [-0.39, 0.29) is 6.03 Å². The van der Waals surface area contributed by atoms with E-state index in [9.17, 15) is 4.79 Å². The van der Waals surface area contributed by atoms with E-state index in [1.807, 2.05) is 0 Å². The summed E-state index contributed by atoms with van der Waals surface area (Å²) >= 11 is 6.22. The first-order valence-electron chi connectivity index (χ1n) is 10.9. The van der Waals surface area contributed by atoms with Gasteiger partial charge in [-0.1, -0.05) is 11.6 Å². The highest BCUT2D eigenvalue weighted by Gasteiger charge is 2.24. The van der Waals surface area contributed by atoms with Crippen LogP contribution in [0.1, 0.15) is 19.3 Å². The van der Waals surface area contributed by atoms with Gasteiger partial charge in [0.2, 0.25) is 0 Å². The van der Waals surface area contributed by atoms with Crippen LogP contribution in [0, 0.1) is 0 Å². The molecule has 0 unspecified atom stereocenters. The first-order valence-corrected chi connectivity index (χ1v) is 11.3. The third-order valence-corrected chi connectivity index (χ3v) is 6.22. The number of ether oxygens (including phenoxy) is 2. The predicted molar refractivity (Wildman–Crippen MR) is 125 cm³/mol. The molecular weight excluding hydrogens is 432 g/mol. The van der Waals surface area contributed by atoms with E-state index < -0.39 is 0 Å². The third kappa shape index (κ3) is 4.93. The highest BCUT2D eigenvalue weighted by atomic mass is 35.5. The van der Waals surface area contributed by atoms with Gasteiger partial charge in [-0.3, -0.25) is 0 Å².